The van der Waals surface area contributed by atoms with E-state index < -0.39 is 10.0 Å². The largest absolute Gasteiger partial charge is 0.344 e. The molecular formula is C18H22N2O3S2. The maximum absolute atomic E-state index is 12.7. The van der Waals surface area contributed by atoms with Crippen molar-refractivity contribution < 1.29 is 13.2 Å². The Hall–Kier alpha value is -1.86. The number of carbonyl (C=O) groups excluding carboxylic acids is 1. The Morgan fingerprint density at radius 1 is 1.20 bits per heavy atom. The number of hydrogen-bond donors (Lipinski definition) is 2. The first kappa shape index (κ1) is 17.9. The summed E-state index contributed by atoms with van der Waals surface area (Å²) in [5.74, 6) is 0.280. The van der Waals surface area contributed by atoms with Crippen LogP contribution in [0.1, 0.15) is 47.0 Å². The molecule has 1 heterocycles. The van der Waals surface area contributed by atoms with Gasteiger partial charge in [-0.1, -0.05) is 25.0 Å². The molecule has 1 aromatic carbocycles. The van der Waals surface area contributed by atoms with Crippen LogP contribution in [0.2, 0.25) is 0 Å². The Morgan fingerprint density at radius 2 is 1.96 bits per heavy atom. The molecular weight excluding hydrogens is 356 g/mol. The first-order valence-electron chi connectivity index (χ1n) is 8.34. The maximum Gasteiger partial charge on any atom is 0.251 e. The normalized spacial score (nSPS) is 16.5. The highest BCUT2D eigenvalue weighted by atomic mass is 32.2. The van der Waals surface area contributed by atoms with E-state index in [9.17, 15) is 13.2 Å². The highest BCUT2D eigenvalue weighted by Crippen LogP contribution is 2.37. The van der Waals surface area contributed by atoms with E-state index in [0.717, 1.165) is 19.1 Å². The second kappa shape index (κ2) is 7.58. The van der Waals surface area contributed by atoms with Crippen LogP contribution in [-0.4, -0.2) is 20.6 Å². The van der Waals surface area contributed by atoms with Gasteiger partial charge in [0, 0.05) is 16.1 Å². The molecule has 1 fully saturated rings. The van der Waals surface area contributed by atoms with Gasteiger partial charge in [0.2, 0.25) is 10.0 Å². The number of thiophene rings is 1. The van der Waals surface area contributed by atoms with Gasteiger partial charge in [-0.05, 0) is 48.4 Å². The number of anilines is 1. The summed E-state index contributed by atoms with van der Waals surface area (Å²) < 4.78 is 25.2. The van der Waals surface area contributed by atoms with E-state index in [2.05, 4.69) is 16.1 Å². The van der Waals surface area contributed by atoms with Gasteiger partial charge in [-0.2, -0.15) is 0 Å². The molecule has 1 aliphatic carbocycles. The topological polar surface area (TPSA) is 75.3 Å². The Kier molecular flexibility index (Phi) is 5.44. The van der Waals surface area contributed by atoms with Crippen molar-refractivity contribution in [1.82, 2.24) is 5.32 Å². The number of nitrogens with one attached hydrogen (secondary N) is 2. The van der Waals surface area contributed by atoms with Crippen molar-refractivity contribution in [1.29, 1.82) is 0 Å². The molecule has 1 amide bonds. The molecule has 0 saturated heterocycles. The van der Waals surface area contributed by atoms with E-state index in [1.165, 1.54) is 17.7 Å². The smallest absolute Gasteiger partial charge is 0.251 e. The summed E-state index contributed by atoms with van der Waals surface area (Å²) in [5, 5.41) is 5.19. The highest BCUT2D eigenvalue weighted by Gasteiger charge is 2.28. The van der Waals surface area contributed by atoms with Crippen LogP contribution in [0.4, 0.5) is 5.69 Å². The van der Waals surface area contributed by atoms with Crippen molar-refractivity contribution in [3.63, 3.8) is 0 Å². The van der Waals surface area contributed by atoms with Crippen LogP contribution in [0.5, 0.6) is 0 Å². The summed E-state index contributed by atoms with van der Waals surface area (Å²) in [6, 6.07) is 10.7. The molecule has 7 heteroatoms. The molecule has 0 spiro atoms. The monoisotopic (exact) mass is 378 g/mol. The second-order valence-corrected chi connectivity index (χ2v) is 9.19. The number of sulfonamides is 1. The molecule has 25 heavy (non-hydrogen) atoms. The third-order valence-electron chi connectivity index (χ3n) is 4.44. The molecule has 2 N–H and O–H groups in total. The molecule has 3 rings (SSSR count). The zero-order valence-corrected chi connectivity index (χ0v) is 15.7. The molecule has 1 aromatic heterocycles. The summed E-state index contributed by atoms with van der Waals surface area (Å²) in [4.78, 5) is 13.9. The Balaban J connectivity index is 1.78. The van der Waals surface area contributed by atoms with Gasteiger partial charge in [0.05, 0.1) is 12.3 Å². The molecule has 1 aliphatic rings. The van der Waals surface area contributed by atoms with E-state index >= 15 is 0 Å². The Labute approximate surface area is 152 Å². The van der Waals surface area contributed by atoms with Crippen LogP contribution in [0.15, 0.2) is 41.8 Å². The molecule has 2 aromatic rings. The standard InChI is InChI=1S/C18H22N2O3S2/c1-25(22,23)20-15-9-4-8-14(12-15)18(21)19-17(13-6-2-3-7-13)16-10-5-11-24-16/h4-5,8-13,17,20H,2-3,6-7H2,1H3,(H,19,21)/t17-/m0/s1. The maximum atomic E-state index is 12.7. The minimum atomic E-state index is -3.37. The van der Waals surface area contributed by atoms with E-state index in [0.29, 0.717) is 17.2 Å². The second-order valence-electron chi connectivity index (χ2n) is 6.47. The van der Waals surface area contributed by atoms with E-state index in [1.54, 1.807) is 35.6 Å². The predicted molar refractivity (Wildman–Crippen MR) is 101 cm³/mol. The third-order valence-corrected chi connectivity index (χ3v) is 6.00. The molecule has 0 aliphatic heterocycles. The first-order chi connectivity index (χ1) is 11.9. The third kappa shape index (κ3) is 4.83. The SMILES string of the molecule is CS(=O)(=O)Nc1cccc(C(=O)N[C@H](c2cccs2)C2CCCC2)c1. The quantitative estimate of drug-likeness (QED) is 0.803. The fourth-order valence-corrected chi connectivity index (χ4v) is 4.77. The van der Waals surface area contributed by atoms with Crippen LogP contribution < -0.4 is 10.0 Å². The van der Waals surface area contributed by atoms with Gasteiger partial charge in [0.15, 0.2) is 0 Å². The average Bonchev–Trinajstić information content (AvgIpc) is 3.24. The lowest BCUT2D eigenvalue weighted by Gasteiger charge is -2.24. The number of rotatable bonds is 6. The molecule has 134 valence electrons. The lowest BCUT2D eigenvalue weighted by molar-refractivity contribution is 0.0923. The van der Waals surface area contributed by atoms with Crippen molar-refractivity contribution in [3.8, 4) is 0 Å². The highest BCUT2D eigenvalue weighted by molar-refractivity contribution is 7.92. The number of carbonyl (C=O) groups is 1. The van der Waals surface area contributed by atoms with Gasteiger partial charge in [0.1, 0.15) is 0 Å². The summed E-state index contributed by atoms with van der Waals surface area (Å²) in [7, 11) is -3.37. The van der Waals surface area contributed by atoms with Gasteiger partial charge in [-0.3, -0.25) is 9.52 Å². The van der Waals surface area contributed by atoms with E-state index in [-0.39, 0.29) is 11.9 Å². The fraction of sp³-hybridized carbons (Fsp3) is 0.389. The van der Waals surface area contributed by atoms with Crippen LogP contribution >= 0.6 is 11.3 Å². The minimum absolute atomic E-state index is 0.0153. The van der Waals surface area contributed by atoms with Crippen molar-refractivity contribution in [2.75, 3.05) is 11.0 Å². The average molecular weight is 379 g/mol. The van der Waals surface area contributed by atoms with Crippen molar-refractivity contribution in [3.05, 3.63) is 52.2 Å². The molecule has 5 nitrogen and oxygen atoms in total. The predicted octanol–water partition coefficient (Wildman–Crippen LogP) is 3.78. The van der Waals surface area contributed by atoms with Crippen molar-refractivity contribution in [2.45, 2.75) is 31.7 Å². The van der Waals surface area contributed by atoms with E-state index in [4.69, 9.17) is 0 Å². The van der Waals surface area contributed by atoms with Crippen molar-refractivity contribution >= 4 is 33.0 Å². The Bertz CT molecular complexity index is 826. The summed E-state index contributed by atoms with van der Waals surface area (Å²) in [6.07, 6.45) is 5.75. The summed E-state index contributed by atoms with van der Waals surface area (Å²) >= 11 is 1.66. The number of amides is 1. The van der Waals surface area contributed by atoms with Crippen LogP contribution in [0.3, 0.4) is 0 Å². The van der Waals surface area contributed by atoms with Crippen molar-refractivity contribution in [2.24, 2.45) is 5.92 Å². The van der Waals surface area contributed by atoms with Gasteiger partial charge in [-0.15, -0.1) is 11.3 Å². The van der Waals surface area contributed by atoms with Gasteiger partial charge >= 0.3 is 0 Å². The lowest BCUT2D eigenvalue weighted by Crippen LogP contribution is -2.32. The molecule has 1 atom stereocenters. The number of hydrogen-bond acceptors (Lipinski definition) is 4. The van der Waals surface area contributed by atoms with Gasteiger partial charge in [0.25, 0.3) is 5.91 Å². The van der Waals surface area contributed by atoms with Crippen LogP contribution in [0.25, 0.3) is 0 Å². The molecule has 0 bridgehead atoms. The summed E-state index contributed by atoms with van der Waals surface area (Å²) in [5.41, 5.74) is 0.844. The molecule has 1 saturated carbocycles. The zero-order chi connectivity index (χ0) is 17.9. The fourth-order valence-electron chi connectivity index (χ4n) is 3.34. The van der Waals surface area contributed by atoms with E-state index in [1.807, 2.05) is 11.4 Å². The first-order valence-corrected chi connectivity index (χ1v) is 11.1. The minimum Gasteiger partial charge on any atom is -0.344 e. The summed E-state index contributed by atoms with van der Waals surface area (Å²) in [6.45, 7) is 0. The van der Waals surface area contributed by atoms with Crippen LogP contribution in [0, 0.1) is 5.92 Å². The lowest BCUT2D eigenvalue weighted by atomic mass is 9.96. The number of benzene rings is 1. The molecule has 0 radical (unpaired) electrons. The van der Waals surface area contributed by atoms with Gasteiger partial charge in [-0.25, -0.2) is 8.42 Å². The van der Waals surface area contributed by atoms with Gasteiger partial charge < -0.3 is 5.32 Å². The zero-order valence-electron chi connectivity index (χ0n) is 14.1. The molecule has 0 unspecified atom stereocenters. The Morgan fingerprint density at radius 3 is 2.60 bits per heavy atom. The van der Waals surface area contributed by atoms with Crippen LogP contribution in [-0.2, 0) is 10.0 Å².